The van der Waals surface area contributed by atoms with Gasteiger partial charge in [0.25, 0.3) is 0 Å². The summed E-state index contributed by atoms with van der Waals surface area (Å²) in [6, 6.07) is 0. The smallest absolute Gasteiger partial charge is 0.203 e. The van der Waals surface area contributed by atoms with Gasteiger partial charge in [-0.25, -0.2) is 12.7 Å². The van der Waals surface area contributed by atoms with E-state index >= 15 is 0 Å². The van der Waals surface area contributed by atoms with Gasteiger partial charge in [-0.15, -0.1) is 0 Å². The van der Waals surface area contributed by atoms with Crippen LogP contribution >= 0.6 is 0 Å². The zero-order valence-corrected chi connectivity index (χ0v) is 5.43. The molecule has 3 nitrogen and oxygen atoms in total. The topological polar surface area (TPSA) is 37.4 Å². The van der Waals surface area contributed by atoms with Gasteiger partial charge in [-0.3, -0.25) is 0 Å². The van der Waals surface area contributed by atoms with Crippen molar-refractivity contribution in [1.82, 2.24) is 4.31 Å². The predicted octanol–water partition coefficient (Wildman–Crippen LogP) is -0.391. The Hall–Kier alpha value is -0.0900. The van der Waals surface area contributed by atoms with E-state index in [-0.39, 0.29) is 0 Å². The molecular weight excluding hydrogens is 126 g/mol. The molecule has 0 spiro atoms. The maximum absolute atomic E-state index is 10.2. The molecule has 0 aromatic carbocycles. The fourth-order valence-electron chi connectivity index (χ4n) is 0.864. The molecule has 48 valence electrons. The summed E-state index contributed by atoms with van der Waals surface area (Å²) in [6.45, 7) is 1.47. The van der Waals surface area contributed by atoms with Crippen molar-refractivity contribution in [2.75, 3.05) is 13.1 Å². The third-order valence-electron chi connectivity index (χ3n) is 1.31. The second-order valence-electron chi connectivity index (χ2n) is 1.90. The molecule has 1 heterocycles. The van der Waals surface area contributed by atoms with Gasteiger partial charge in [0.1, 0.15) is 0 Å². The molecule has 0 radical (unpaired) electrons. The Labute approximate surface area is 50.4 Å². The van der Waals surface area contributed by atoms with E-state index in [0.29, 0.717) is 0 Å². The first kappa shape index (κ1) is 6.04. The molecule has 0 aromatic heterocycles. The number of hydrogen-bond donors (Lipinski definition) is 1. The van der Waals surface area contributed by atoms with Crippen molar-refractivity contribution in [3.05, 3.63) is 0 Å². The van der Waals surface area contributed by atoms with Crippen molar-refractivity contribution in [2.24, 2.45) is 0 Å². The van der Waals surface area contributed by atoms with E-state index in [9.17, 15) is 8.42 Å². The first-order valence-electron chi connectivity index (χ1n) is 2.70. The largest absolute Gasteiger partial charge is 0.215 e. The lowest BCUT2D eigenvalue weighted by atomic mass is 10.4. The molecule has 1 saturated heterocycles. The van der Waals surface area contributed by atoms with Crippen LogP contribution in [0.4, 0.5) is 0 Å². The monoisotopic (exact) mass is 135 g/mol. The molecule has 0 atom stereocenters. The molecule has 1 fully saturated rings. The third-order valence-corrected chi connectivity index (χ3v) is 2.18. The van der Waals surface area contributed by atoms with Crippen molar-refractivity contribution >= 4 is 10.9 Å². The van der Waals surface area contributed by atoms with Crippen LogP contribution in [0.25, 0.3) is 0 Å². The summed E-state index contributed by atoms with van der Waals surface area (Å²) in [5.74, 6) is 0. The Bertz CT molecular complexity index is 129. The van der Waals surface area contributed by atoms with Crippen LogP contribution in [-0.4, -0.2) is 25.8 Å². The standard InChI is InChI=1S/C4H9NO2S/c6-8(7)5-3-1-2-4-5/h8H,1-4H2. The minimum absolute atomic E-state index is 0.735. The maximum atomic E-state index is 10.2. The van der Waals surface area contributed by atoms with E-state index in [1.165, 1.54) is 4.31 Å². The van der Waals surface area contributed by atoms with Crippen LogP contribution in [0.2, 0.25) is 0 Å². The van der Waals surface area contributed by atoms with Crippen LogP contribution in [0.15, 0.2) is 0 Å². The van der Waals surface area contributed by atoms with Crippen LogP contribution < -0.4 is 0 Å². The van der Waals surface area contributed by atoms with Gasteiger partial charge in [0, 0.05) is 13.1 Å². The number of nitrogens with zero attached hydrogens (tertiary/aromatic N) is 1. The molecule has 8 heavy (non-hydrogen) atoms. The predicted molar refractivity (Wildman–Crippen MR) is 31.1 cm³/mol. The van der Waals surface area contributed by atoms with E-state index in [2.05, 4.69) is 0 Å². The summed E-state index contributed by atoms with van der Waals surface area (Å²) in [6.07, 6.45) is 2.06. The zero-order valence-electron chi connectivity index (χ0n) is 4.54. The van der Waals surface area contributed by atoms with Gasteiger partial charge in [-0.1, -0.05) is 0 Å². The number of thiol groups is 1. The molecular formula is C4H9NO2S. The highest BCUT2D eigenvalue weighted by molar-refractivity contribution is 7.69. The Balaban J connectivity index is 2.47. The van der Waals surface area contributed by atoms with Gasteiger partial charge in [-0.2, -0.15) is 0 Å². The lowest BCUT2D eigenvalue weighted by Crippen LogP contribution is -2.15. The highest BCUT2D eigenvalue weighted by Gasteiger charge is 2.11. The van der Waals surface area contributed by atoms with Crippen LogP contribution in [0, 0.1) is 0 Å². The van der Waals surface area contributed by atoms with Crippen LogP contribution in [0.1, 0.15) is 12.8 Å². The molecule has 4 heteroatoms. The minimum atomic E-state index is -2.27. The molecule has 0 unspecified atom stereocenters. The molecule has 1 rings (SSSR count). The Morgan fingerprint density at radius 1 is 1.12 bits per heavy atom. The molecule has 0 amide bonds. The fraction of sp³-hybridized carbons (Fsp3) is 1.00. The van der Waals surface area contributed by atoms with E-state index in [1.807, 2.05) is 0 Å². The Kier molecular flexibility index (Phi) is 1.85. The Morgan fingerprint density at radius 3 is 1.88 bits per heavy atom. The van der Waals surface area contributed by atoms with E-state index in [1.54, 1.807) is 0 Å². The minimum Gasteiger partial charge on any atom is -0.215 e. The van der Waals surface area contributed by atoms with E-state index in [4.69, 9.17) is 0 Å². The highest BCUT2D eigenvalue weighted by atomic mass is 32.2. The summed E-state index contributed by atoms with van der Waals surface area (Å²) >= 11 is 0. The molecule has 0 aliphatic carbocycles. The van der Waals surface area contributed by atoms with Crippen molar-refractivity contribution < 1.29 is 8.42 Å². The average Bonchev–Trinajstić information content (AvgIpc) is 2.12. The van der Waals surface area contributed by atoms with E-state index in [0.717, 1.165) is 25.9 Å². The number of hydrogen-bond acceptors (Lipinski definition) is 2. The molecule has 1 aliphatic heterocycles. The normalized spacial score (nSPS) is 22.6. The van der Waals surface area contributed by atoms with Gasteiger partial charge in [-0.05, 0) is 12.8 Å². The Morgan fingerprint density at radius 2 is 1.62 bits per heavy atom. The SMILES string of the molecule is O=[SH](=O)N1CCCC1. The zero-order chi connectivity index (χ0) is 5.98. The first-order valence-corrected chi connectivity index (χ1v) is 3.83. The summed E-state index contributed by atoms with van der Waals surface area (Å²) in [5.41, 5.74) is 0. The van der Waals surface area contributed by atoms with Crippen molar-refractivity contribution in [1.29, 1.82) is 0 Å². The van der Waals surface area contributed by atoms with Gasteiger partial charge in [0.15, 0.2) is 0 Å². The molecule has 1 aliphatic rings. The molecule has 0 N–H and O–H groups in total. The molecule has 0 aromatic rings. The summed E-state index contributed by atoms with van der Waals surface area (Å²) in [4.78, 5) is 0. The quantitative estimate of drug-likeness (QED) is 0.497. The highest BCUT2D eigenvalue weighted by Crippen LogP contribution is 2.05. The van der Waals surface area contributed by atoms with Gasteiger partial charge < -0.3 is 0 Å². The average molecular weight is 135 g/mol. The van der Waals surface area contributed by atoms with Gasteiger partial charge >= 0.3 is 0 Å². The first-order chi connectivity index (χ1) is 3.80. The second kappa shape index (κ2) is 2.46. The lowest BCUT2D eigenvalue weighted by Gasteiger charge is -2.00. The lowest BCUT2D eigenvalue weighted by molar-refractivity contribution is 0.498. The summed E-state index contributed by atoms with van der Waals surface area (Å²) in [5, 5.41) is 0. The number of rotatable bonds is 1. The van der Waals surface area contributed by atoms with Crippen LogP contribution in [0.3, 0.4) is 0 Å². The second-order valence-corrected chi connectivity index (χ2v) is 2.94. The van der Waals surface area contributed by atoms with Gasteiger partial charge in [0.05, 0.1) is 0 Å². The molecule has 0 bridgehead atoms. The summed E-state index contributed by atoms with van der Waals surface area (Å²) < 4.78 is 21.8. The van der Waals surface area contributed by atoms with Gasteiger partial charge in [0.2, 0.25) is 10.9 Å². The van der Waals surface area contributed by atoms with E-state index < -0.39 is 10.9 Å². The maximum Gasteiger partial charge on any atom is 0.203 e. The summed E-state index contributed by atoms with van der Waals surface area (Å²) in [7, 11) is -2.27. The van der Waals surface area contributed by atoms with Crippen LogP contribution in [0.5, 0.6) is 0 Å². The third kappa shape index (κ3) is 1.20. The fourth-order valence-corrected chi connectivity index (χ4v) is 1.47. The van der Waals surface area contributed by atoms with Crippen LogP contribution in [-0.2, 0) is 10.9 Å². The molecule has 0 saturated carbocycles. The van der Waals surface area contributed by atoms with Crippen molar-refractivity contribution in [3.63, 3.8) is 0 Å². The van der Waals surface area contributed by atoms with Crippen molar-refractivity contribution in [3.8, 4) is 0 Å². The van der Waals surface area contributed by atoms with Crippen molar-refractivity contribution in [2.45, 2.75) is 12.8 Å².